The molecule has 1 unspecified atom stereocenters. The first-order valence-corrected chi connectivity index (χ1v) is 8.55. The van der Waals surface area contributed by atoms with Gasteiger partial charge in [-0.25, -0.2) is 4.79 Å². The first-order valence-electron chi connectivity index (χ1n) is 8.55. The number of aliphatic hydroxyl groups is 1. The van der Waals surface area contributed by atoms with E-state index in [2.05, 4.69) is 41.8 Å². The van der Waals surface area contributed by atoms with Gasteiger partial charge in [0.1, 0.15) is 6.61 Å². The van der Waals surface area contributed by atoms with E-state index in [1.165, 1.54) is 24.8 Å². The SMILES string of the molecule is CCCCCC(Cc1ccccc1)NCCNC(=O)OCCO. The normalized spacial score (nSPS) is 11.9. The molecule has 0 saturated heterocycles. The number of hydrogen-bond acceptors (Lipinski definition) is 4. The maximum Gasteiger partial charge on any atom is 0.407 e. The fraction of sp³-hybridized carbons (Fsp3) is 0.611. The highest BCUT2D eigenvalue weighted by Crippen LogP contribution is 2.09. The number of amides is 1. The second-order valence-corrected chi connectivity index (χ2v) is 5.62. The van der Waals surface area contributed by atoms with Crippen LogP contribution in [0, 0.1) is 0 Å². The maximum absolute atomic E-state index is 11.3. The molecule has 23 heavy (non-hydrogen) atoms. The lowest BCUT2D eigenvalue weighted by Gasteiger charge is -2.19. The van der Waals surface area contributed by atoms with Gasteiger partial charge in [-0.1, -0.05) is 56.5 Å². The molecular weight excluding hydrogens is 292 g/mol. The molecule has 0 aliphatic heterocycles. The minimum Gasteiger partial charge on any atom is -0.447 e. The highest BCUT2D eigenvalue weighted by Gasteiger charge is 2.09. The zero-order chi connectivity index (χ0) is 16.8. The molecule has 0 aromatic heterocycles. The van der Waals surface area contributed by atoms with Gasteiger partial charge in [-0.3, -0.25) is 0 Å². The average molecular weight is 322 g/mol. The zero-order valence-electron chi connectivity index (χ0n) is 14.1. The number of alkyl carbamates (subject to hydrolysis) is 1. The van der Waals surface area contributed by atoms with E-state index in [-0.39, 0.29) is 13.2 Å². The summed E-state index contributed by atoms with van der Waals surface area (Å²) in [6.45, 7) is 3.32. The van der Waals surface area contributed by atoms with Crippen molar-refractivity contribution in [3.05, 3.63) is 35.9 Å². The Morgan fingerprint density at radius 1 is 1.22 bits per heavy atom. The summed E-state index contributed by atoms with van der Waals surface area (Å²) in [6, 6.07) is 10.9. The van der Waals surface area contributed by atoms with Crippen LogP contribution in [0.1, 0.15) is 38.2 Å². The Kier molecular flexibility index (Phi) is 10.9. The molecule has 0 bridgehead atoms. The number of unbranched alkanes of at least 4 members (excludes halogenated alkanes) is 2. The van der Waals surface area contributed by atoms with Crippen LogP contribution in [0.4, 0.5) is 4.79 Å². The number of benzene rings is 1. The highest BCUT2D eigenvalue weighted by molar-refractivity contribution is 5.67. The third kappa shape index (κ3) is 9.92. The first-order chi connectivity index (χ1) is 11.3. The summed E-state index contributed by atoms with van der Waals surface area (Å²) in [7, 11) is 0. The Labute approximate surface area is 139 Å². The van der Waals surface area contributed by atoms with Crippen LogP contribution in [0.3, 0.4) is 0 Å². The van der Waals surface area contributed by atoms with Crippen molar-refractivity contribution in [1.29, 1.82) is 0 Å². The topological polar surface area (TPSA) is 70.6 Å². The van der Waals surface area contributed by atoms with E-state index in [9.17, 15) is 4.79 Å². The lowest BCUT2D eigenvalue weighted by Crippen LogP contribution is -2.38. The fourth-order valence-corrected chi connectivity index (χ4v) is 2.45. The molecular formula is C18H30N2O3. The van der Waals surface area contributed by atoms with Gasteiger partial charge in [0.05, 0.1) is 6.61 Å². The molecule has 0 aliphatic rings. The van der Waals surface area contributed by atoms with Crippen LogP contribution < -0.4 is 10.6 Å². The summed E-state index contributed by atoms with van der Waals surface area (Å²) in [5.41, 5.74) is 1.33. The highest BCUT2D eigenvalue weighted by atomic mass is 16.6. The lowest BCUT2D eigenvalue weighted by molar-refractivity contribution is 0.119. The Hall–Kier alpha value is -1.59. The summed E-state index contributed by atoms with van der Waals surface area (Å²) in [6.07, 6.45) is 5.34. The number of aliphatic hydroxyl groups excluding tert-OH is 1. The number of nitrogens with one attached hydrogen (secondary N) is 2. The molecule has 1 aromatic rings. The van der Waals surface area contributed by atoms with E-state index >= 15 is 0 Å². The second kappa shape index (κ2) is 12.9. The van der Waals surface area contributed by atoms with Crippen molar-refractivity contribution in [2.24, 2.45) is 0 Å². The molecule has 130 valence electrons. The monoisotopic (exact) mass is 322 g/mol. The Bertz CT molecular complexity index is 412. The smallest absolute Gasteiger partial charge is 0.407 e. The van der Waals surface area contributed by atoms with Gasteiger partial charge >= 0.3 is 6.09 Å². The van der Waals surface area contributed by atoms with Gasteiger partial charge in [0.15, 0.2) is 0 Å². The molecule has 0 fully saturated rings. The van der Waals surface area contributed by atoms with Crippen LogP contribution in [0.25, 0.3) is 0 Å². The van der Waals surface area contributed by atoms with Crippen molar-refractivity contribution in [3.8, 4) is 0 Å². The van der Waals surface area contributed by atoms with Crippen LogP contribution in [0.5, 0.6) is 0 Å². The summed E-state index contributed by atoms with van der Waals surface area (Å²) < 4.78 is 4.75. The van der Waals surface area contributed by atoms with E-state index in [0.717, 1.165) is 12.8 Å². The van der Waals surface area contributed by atoms with Crippen LogP contribution in [-0.4, -0.2) is 43.5 Å². The van der Waals surface area contributed by atoms with Gasteiger partial charge in [0.25, 0.3) is 0 Å². The minimum absolute atomic E-state index is 0.0346. The van der Waals surface area contributed by atoms with Crippen molar-refractivity contribution < 1.29 is 14.6 Å². The number of ether oxygens (including phenoxy) is 1. The molecule has 5 nitrogen and oxygen atoms in total. The number of carbonyl (C=O) groups excluding carboxylic acids is 1. The zero-order valence-corrected chi connectivity index (χ0v) is 14.1. The molecule has 0 saturated carbocycles. The molecule has 0 heterocycles. The Morgan fingerprint density at radius 3 is 2.70 bits per heavy atom. The quantitative estimate of drug-likeness (QED) is 0.517. The maximum atomic E-state index is 11.3. The summed E-state index contributed by atoms with van der Waals surface area (Å²) in [5, 5.41) is 14.8. The van der Waals surface area contributed by atoms with E-state index in [1.54, 1.807) is 0 Å². The Morgan fingerprint density at radius 2 is 2.00 bits per heavy atom. The summed E-state index contributed by atoms with van der Waals surface area (Å²) in [5.74, 6) is 0. The van der Waals surface area contributed by atoms with E-state index in [4.69, 9.17) is 9.84 Å². The molecule has 5 heteroatoms. The number of carbonyl (C=O) groups is 1. The lowest BCUT2D eigenvalue weighted by atomic mass is 10.0. The van der Waals surface area contributed by atoms with Crippen LogP contribution >= 0.6 is 0 Å². The van der Waals surface area contributed by atoms with Gasteiger partial charge in [0, 0.05) is 19.1 Å². The molecule has 1 rings (SSSR count). The van der Waals surface area contributed by atoms with Crippen molar-refractivity contribution in [2.75, 3.05) is 26.3 Å². The van der Waals surface area contributed by atoms with Crippen LogP contribution in [-0.2, 0) is 11.2 Å². The van der Waals surface area contributed by atoms with Crippen LogP contribution in [0.15, 0.2) is 30.3 Å². The minimum atomic E-state index is -0.480. The predicted molar refractivity (Wildman–Crippen MR) is 92.5 cm³/mol. The standard InChI is InChI=1S/C18H30N2O3/c1-2-3-5-10-17(15-16-8-6-4-7-9-16)19-11-12-20-18(22)23-14-13-21/h4,6-9,17,19,21H,2-3,5,10-15H2,1H3,(H,20,22). The van der Waals surface area contributed by atoms with E-state index in [1.807, 2.05) is 6.07 Å². The van der Waals surface area contributed by atoms with Gasteiger partial charge in [-0.2, -0.15) is 0 Å². The summed E-state index contributed by atoms with van der Waals surface area (Å²) in [4.78, 5) is 11.3. The molecule has 3 N–H and O–H groups in total. The van der Waals surface area contributed by atoms with Gasteiger partial charge in [0.2, 0.25) is 0 Å². The van der Waals surface area contributed by atoms with E-state index in [0.29, 0.717) is 19.1 Å². The largest absolute Gasteiger partial charge is 0.447 e. The van der Waals surface area contributed by atoms with E-state index < -0.39 is 6.09 Å². The molecule has 0 spiro atoms. The number of hydrogen-bond donors (Lipinski definition) is 3. The van der Waals surface area contributed by atoms with Crippen molar-refractivity contribution in [1.82, 2.24) is 10.6 Å². The molecule has 0 aliphatic carbocycles. The predicted octanol–water partition coefficient (Wildman–Crippen LogP) is 2.49. The van der Waals surface area contributed by atoms with Gasteiger partial charge < -0.3 is 20.5 Å². The third-order valence-corrected chi connectivity index (χ3v) is 3.63. The molecule has 1 atom stereocenters. The number of rotatable bonds is 12. The fourth-order valence-electron chi connectivity index (χ4n) is 2.45. The van der Waals surface area contributed by atoms with Gasteiger partial charge in [-0.15, -0.1) is 0 Å². The van der Waals surface area contributed by atoms with Crippen molar-refractivity contribution >= 4 is 6.09 Å². The van der Waals surface area contributed by atoms with Crippen molar-refractivity contribution in [2.45, 2.75) is 45.1 Å². The molecule has 0 radical (unpaired) electrons. The van der Waals surface area contributed by atoms with Crippen molar-refractivity contribution in [3.63, 3.8) is 0 Å². The average Bonchev–Trinajstić information content (AvgIpc) is 2.57. The molecule has 1 aromatic carbocycles. The Balaban J connectivity index is 2.30. The van der Waals surface area contributed by atoms with Crippen LogP contribution in [0.2, 0.25) is 0 Å². The molecule has 1 amide bonds. The second-order valence-electron chi connectivity index (χ2n) is 5.62. The van der Waals surface area contributed by atoms with Gasteiger partial charge in [-0.05, 0) is 18.4 Å². The first kappa shape index (κ1) is 19.5. The summed E-state index contributed by atoms with van der Waals surface area (Å²) >= 11 is 0. The third-order valence-electron chi connectivity index (χ3n) is 3.63.